The van der Waals surface area contributed by atoms with Crippen LogP contribution in [0.25, 0.3) is 0 Å². The summed E-state index contributed by atoms with van der Waals surface area (Å²) in [6.07, 6.45) is 0.504. The van der Waals surface area contributed by atoms with E-state index in [0.717, 1.165) is 11.3 Å². The van der Waals surface area contributed by atoms with E-state index in [4.69, 9.17) is 9.47 Å². The highest BCUT2D eigenvalue weighted by atomic mass is 16.5. The number of carbonyl (C=O) groups is 2. The van der Waals surface area contributed by atoms with Crippen molar-refractivity contribution >= 4 is 11.8 Å². The third-order valence-corrected chi connectivity index (χ3v) is 5.24. The van der Waals surface area contributed by atoms with Crippen LogP contribution >= 0.6 is 0 Å². The largest absolute Gasteiger partial charge is 0.497 e. The van der Waals surface area contributed by atoms with E-state index >= 15 is 0 Å². The number of nitrogens with one attached hydrogen (secondary N) is 1. The number of carbonyl (C=O) groups excluding carboxylic acids is 2. The molecule has 0 radical (unpaired) electrons. The van der Waals surface area contributed by atoms with Crippen molar-refractivity contribution in [2.75, 3.05) is 13.7 Å². The van der Waals surface area contributed by atoms with Crippen LogP contribution in [-0.2, 0) is 16.1 Å². The zero-order valence-corrected chi connectivity index (χ0v) is 20.1. The van der Waals surface area contributed by atoms with Crippen LogP contribution < -0.4 is 14.8 Å². The molecule has 1 N–H and O–H groups in total. The predicted octanol–water partition coefficient (Wildman–Crippen LogP) is 4.53. The van der Waals surface area contributed by atoms with Crippen LogP contribution in [0.1, 0.15) is 58.1 Å². The zero-order valence-electron chi connectivity index (χ0n) is 20.1. The lowest BCUT2D eigenvalue weighted by Crippen LogP contribution is -2.51. The van der Waals surface area contributed by atoms with Crippen molar-refractivity contribution < 1.29 is 19.1 Å². The van der Waals surface area contributed by atoms with Crippen molar-refractivity contribution in [3.05, 3.63) is 59.7 Å². The maximum absolute atomic E-state index is 13.2. The van der Waals surface area contributed by atoms with Crippen LogP contribution in [0.2, 0.25) is 0 Å². The molecule has 6 nitrogen and oxygen atoms in total. The maximum Gasteiger partial charge on any atom is 0.261 e. The van der Waals surface area contributed by atoms with Gasteiger partial charge in [0, 0.05) is 12.6 Å². The van der Waals surface area contributed by atoms with Crippen molar-refractivity contribution in [3.8, 4) is 11.5 Å². The van der Waals surface area contributed by atoms with Gasteiger partial charge in [-0.3, -0.25) is 9.59 Å². The quantitative estimate of drug-likeness (QED) is 0.557. The Hall–Kier alpha value is -3.02. The fourth-order valence-corrected chi connectivity index (χ4v) is 3.40. The number of ether oxygens (including phenoxy) is 2. The zero-order chi connectivity index (χ0) is 23.7. The summed E-state index contributed by atoms with van der Waals surface area (Å²) in [5, 5.41) is 2.93. The second-order valence-corrected chi connectivity index (χ2v) is 8.47. The molecule has 0 bridgehead atoms. The normalized spacial score (nSPS) is 11.9. The number of amides is 2. The summed E-state index contributed by atoms with van der Waals surface area (Å²) in [5.41, 5.74) is 2.12. The number of hydrogen-bond donors (Lipinski definition) is 1. The van der Waals surface area contributed by atoms with Gasteiger partial charge in [-0.05, 0) is 61.6 Å². The molecule has 0 aromatic heterocycles. The monoisotopic (exact) mass is 440 g/mol. The fourth-order valence-electron chi connectivity index (χ4n) is 3.40. The van der Waals surface area contributed by atoms with E-state index in [2.05, 4.69) is 19.2 Å². The van der Waals surface area contributed by atoms with E-state index in [-0.39, 0.29) is 24.5 Å². The first-order valence-corrected chi connectivity index (χ1v) is 11.2. The molecule has 0 saturated heterocycles. The maximum atomic E-state index is 13.2. The summed E-state index contributed by atoms with van der Waals surface area (Å²) >= 11 is 0. The molecule has 0 saturated carbocycles. The minimum absolute atomic E-state index is 0.00906. The van der Waals surface area contributed by atoms with Crippen LogP contribution in [0.5, 0.6) is 11.5 Å². The van der Waals surface area contributed by atoms with E-state index in [9.17, 15) is 9.59 Å². The van der Waals surface area contributed by atoms with Crippen molar-refractivity contribution in [1.82, 2.24) is 10.2 Å². The van der Waals surface area contributed by atoms with Crippen LogP contribution in [0.4, 0.5) is 0 Å². The minimum atomic E-state index is -0.584. The Morgan fingerprint density at radius 3 is 2.03 bits per heavy atom. The standard InChI is InChI=1S/C26H36N2O4/c1-7-24(26(30)27-19(4)5)28(16-20-8-12-22(31-6)13-9-20)25(29)17-32-23-14-10-21(11-15-23)18(2)3/h8-15,18-19,24H,7,16-17H2,1-6H3,(H,27,30)/t24-/m0/s1. The molecule has 0 heterocycles. The van der Waals surface area contributed by atoms with E-state index in [1.165, 1.54) is 5.56 Å². The Labute approximate surface area is 191 Å². The van der Waals surface area contributed by atoms with Gasteiger partial charge >= 0.3 is 0 Å². The molecule has 0 aliphatic carbocycles. The van der Waals surface area contributed by atoms with Crippen molar-refractivity contribution in [2.24, 2.45) is 0 Å². The average molecular weight is 441 g/mol. The summed E-state index contributed by atoms with van der Waals surface area (Å²) in [6.45, 7) is 10.1. The Balaban J connectivity index is 2.18. The van der Waals surface area contributed by atoms with E-state index < -0.39 is 6.04 Å². The van der Waals surface area contributed by atoms with E-state index in [1.54, 1.807) is 12.0 Å². The van der Waals surface area contributed by atoms with Gasteiger partial charge < -0.3 is 19.7 Å². The molecule has 174 valence electrons. The average Bonchev–Trinajstić information content (AvgIpc) is 2.77. The summed E-state index contributed by atoms with van der Waals surface area (Å²) in [5.74, 6) is 1.40. The summed E-state index contributed by atoms with van der Waals surface area (Å²) in [4.78, 5) is 27.6. The summed E-state index contributed by atoms with van der Waals surface area (Å²) in [7, 11) is 1.61. The molecule has 0 fully saturated rings. The first kappa shape index (κ1) is 25.2. The first-order chi connectivity index (χ1) is 15.2. The lowest BCUT2D eigenvalue weighted by atomic mass is 10.0. The summed E-state index contributed by atoms with van der Waals surface area (Å²) in [6, 6.07) is 14.7. The lowest BCUT2D eigenvalue weighted by molar-refractivity contribution is -0.143. The number of benzene rings is 2. The Kier molecular flexibility index (Phi) is 9.57. The molecule has 2 rings (SSSR count). The Morgan fingerprint density at radius 1 is 0.938 bits per heavy atom. The van der Waals surface area contributed by atoms with E-state index in [1.807, 2.05) is 69.3 Å². The fraction of sp³-hybridized carbons (Fsp3) is 0.462. The molecule has 2 aromatic rings. The van der Waals surface area contributed by atoms with Crippen LogP contribution in [0.15, 0.2) is 48.5 Å². The highest BCUT2D eigenvalue weighted by Crippen LogP contribution is 2.20. The van der Waals surface area contributed by atoms with Gasteiger partial charge in [0.1, 0.15) is 17.5 Å². The smallest absolute Gasteiger partial charge is 0.261 e. The Morgan fingerprint density at radius 2 is 1.53 bits per heavy atom. The highest BCUT2D eigenvalue weighted by molar-refractivity contribution is 5.88. The number of hydrogen-bond acceptors (Lipinski definition) is 4. The third kappa shape index (κ3) is 7.29. The van der Waals surface area contributed by atoms with Gasteiger partial charge in [-0.1, -0.05) is 45.0 Å². The van der Waals surface area contributed by atoms with Crippen molar-refractivity contribution in [2.45, 2.75) is 65.6 Å². The molecule has 32 heavy (non-hydrogen) atoms. The van der Waals surface area contributed by atoms with Crippen LogP contribution in [-0.4, -0.2) is 42.5 Å². The molecular formula is C26H36N2O4. The molecule has 0 unspecified atom stereocenters. The van der Waals surface area contributed by atoms with Gasteiger partial charge in [-0.15, -0.1) is 0 Å². The number of rotatable bonds is 11. The third-order valence-electron chi connectivity index (χ3n) is 5.24. The molecule has 2 aromatic carbocycles. The van der Waals surface area contributed by atoms with Gasteiger partial charge in [0.25, 0.3) is 5.91 Å². The van der Waals surface area contributed by atoms with Crippen molar-refractivity contribution in [3.63, 3.8) is 0 Å². The van der Waals surface area contributed by atoms with Crippen LogP contribution in [0, 0.1) is 0 Å². The number of nitrogens with zero attached hydrogens (tertiary/aromatic N) is 1. The van der Waals surface area contributed by atoms with Crippen LogP contribution in [0.3, 0.4) is 0 Å². The second-order valence-electron chi connectivity index (χ2n) is 8.47. The molecule has 0 aliphatic heterocycles. The lowest BCUT2D eigenvalue weighted by Gasteiger charge is -2.31. The molecule has 2 amide bonds. The highest BCUT2D eigenvalue weighted by Gasteiger charge is 2.29. The molecule has 1 atom stereocenters. The Bertz CT molecular complexity index is 860. The predicted molar refractivity (Wildman–Crippen MR) is 127 cm³/mol. The van der Waals surface area contributed by atoms with Crippen molar-refractivity contribution in [1.29, 1.82) is 0 Å². The van der Waals surface area contributed by atoms with Gasteiger partial charge in [0.05, 0.1) is 7.11 Å². The van der Waals surface area contributed by atoms with Gasteiger partial charge in [-0.25, -0.2) is 0 Å². The minimum Gasteiger partial charge on any atom is -0.497 e. The van der Waals surface area contributed by atoms with Gasteiger partial charge in [-0.2, -0.15) is 0 Å². The molecular weight excluding hydrogens is 404 g/mol. The summed E-state index contributed by atoms with van der Waals surface area (Å²) < 4.78 is 11.0. The van der Waals surface area contributed by atoms with E-state index in [0.29, 0.717) is 24.6 Å². The topological polar surface area (TPSA) is 67.9 Å². The first-order valence-electron chi connectivity index (χ1n) is 11.2. The SMILES string of the molecule is CC[C@@H](C(=O)NC(C)C)N(Cc1ccc(OC)cc1)C(=O)COc1ccc(C(C)C)cc1. The second kappa shape index (κ2) is 12.1. The molecule has 6 heteroatoms. The van der Waals surface area contributed by atoms with Gasteiger partial charge in [0.15, 0.2) is 6.61 Å². The molecule has 0 spiro atoms. The number of methoxy groups -OCH3 is 1. The van der Waals surface area contributed by atoms with Gasteiger partial charge in [0.2, 0.25) is 5.91 Å². The molecule has 0 aliphatic rings.